The highest BCUT2D eigenvalue weighted by Gasteiger charge is 2.19. The van der Waals surface area contributed by atoms with E-state index in [1.807, 2.05) is 62.4 Å². The van der Waals surface area contributed by atoms with Crippen molar-refractivity contribution >= 4 is 22.7 Å². The van der Waals surface area contributed by atoms with Crippen LogP contribution in [-0.4, -0.2) is 34.7 Å². The van der Waals surface area contributed by atoms with Gasteiger partial charge in [0.1, 0.15) is 0 Å². The lowest BCUT2D eigenvalue weighted by atomic mass is 10.1. The predicted molar refractivity (Wildman–Crippen MR) is 123 cm³/mol. The summed E-state index contributed by atoms with van der Waals surface area (Å²) in [4.78, 5) is 28.3. The van der Waals surface area contributed by atoms with Gasteiger partial charge in [-0.15, -0.1) is 0 Å². The number of para-hydroxylation sites is 1. The van der Waals surface area contributed by atoms with Crippen LogP contribution in [0, 0.1) is 13.8 Å². The number of nitrogens with one attached hydrogen (secondary N) is 1. The molecule has 0 amide bonds. The van der Waals surface area contributed by atoms with Gasteiger partial charge in [0.25, 0.3) is 0 Å². The van der Waals surface area contributed by atoms with E-state index in [1.165, 1.54) is 0 Å². The highest BCUT2D eigenvalue weighted by atomic mass is 16.7. The average Bonchev–Trinajstić information content (AvgIpc) is 3.52. The highest BCUT2D eigenvalue weighted by Crippen LogP contribution is 2.33. The molecule has 0 bridgehead atoms. The second-order valence-electron chi connectivity index (χ2n) is 8.18. The smallest absolute Gasteiger partial charge is 0.310 e. The minimum atomic E-state index is -0.428. The number of aromatic nitrogens is 2. The molecule has 33 heavy (non-hydrogen) atoms. The minimum Gasteiger partial charge on any atom is -0.457 e. The zero-order valence-electron chi connectivity index (χ0n) is 18.5. The number of nitrogens with zero attached hydrogens (tertiary/aromatic N) is 1. The third-order valence-corrected chi connectivity index (χ3v) is 6.03. The van der Waals surface area contributed by atoms with Gasteiger partial charge in [-0.1, -0.05) is 24.3 Å². The zero-order chi connectivity index (χ0) is 22.9. The molecule has 0 saturated carbocycles. The van der Waals surface area contributed by atoms with Crippen LogP contribution in [0.2, 0.25) is 0 Å². The summed E-state index contributed by atoms with van der Waals surface area (Å²) in [5.41, 5.74) is 5.22. The number of hydrogen-bond donors (Lipinski definition) is 1. The van der Waals surface area contributed by atoms with Crippen LogP contribution in [-0.2, 0) is 22.5 Å². The number of benzene rings is 2. The van der Waals surface area contributed by atoms with Crippen LogP contribution >= 0.6 is 0 Å². The molecule has 0 spiro atoms. The maximum absolute atomic E-state index is 12.8. The van der Waals surface area contributed by atoms with Crippen LogP contribution in [0.4, 0.5) is 0 Å². The Hall–Kier alpha value is -4.00. The first-order chi connectivity index (χ1) is 16.0. The molecule has 0 saturated heterocycles. The first-order valence-electron chi connectivity index (χ1n) is 10.8. The number of hydrogen-bond acceptors (Lipinski definition) is 5. The lowest BCUT2D eigenvalue weighted by molar-refractivity contribution is -0.141. The molecule has 0 radical (unpaired) electrons. The van der Waals surface area contributed by atoms with Crippen molar-refractivity contribution in [3.05, 3.63) is 82.8 Å². The van der Waals surface area contributed by atoms with Gasteiger partial charge >= 0.3 is 5.97 Å². The van der Waals surface area contributed by atoms with Gasteiger partial charge in [-0.2, -0.15) is 0 Å². The van der Waals surface area contributed by atoms with Crippen molar-refractivity contribution in [2.45, 2.75) is 26.8 Å². The monoisotopic (exact) mass is 444 g/mol. The fraction of sp³-hybridized carbons (Fsp3) is 0.231. The molecular weight excluding hydrogens is 420 g/mol. The van der Waals surface area contributed by atoms with Gasteiger partial charge in [-0.25, -0.2) is 0 Å². The summed E-state index contributed by atoms with van der Waals surface area (Å²) in [6, 6.07) is 15.4. The third kappa shape index (κ3) is 4.09. The Morgan fingerprint density at radius 1 is 1.06 bits per heavy atom. The van der Waals surface area contributed by atoms with E-state index < -0.39 is 5.97 Å². The molecule has 1 N–H and O–H groups in total. The number of H-pyrrole nitrogens is 1. The predicted octanol–water partition coefficient (Wildman–Crippen LogP) is 4.33. The molecule has 0 atom stereocenters. The summed E-state index contributed by atoms with van der Waals surface area (Å²) < 4.78 is 18.2. The first-order valence-corrected chi connectivity index (χ1v) is 10.8. The maximum Gasteiger partial charge on any atom is 0.310 e. The van der Waals surface area contributed by atoms with Crippen LogP contribution in [0.1, 0.15) is 32.9 Å². The minimum absolute atomic E-state index is 0.112. The molecule has 7 heteroatoms. The van der Waals surface area contributed by atoms with Crippen molar-refractivity contribution in [2.75, 3.05) is 13.4 Å². The van der Waals surface area contributed by atoms with Crippen molar-refractivity contribution in [1.82, 2.24) is 9.55 Å². The quantitative estimate of drug-likeness (QED) is 0.339. The fourth-order valence-electron chi connectivity index (χ4n) is 4.26. The second-order valence-corrected chi connectivity index (χ2v) is 8.18. The number of carbonyl (C=O) groups excluding carboxylic acids is 2. The number of fused-ring (bicyclic) bond motifs is 2. The molecule has 7 nitrogen and oxygen atoms in total. The number of carbonyl (C=O) groups is 2. The molecule has 168 valence electrons. The summed E-state index contributed by atoms with van der Waals surface area (Å²) in [7, 11) is 0. The van der Waals surface area contributed by atoms with Crippen LogP contribution in [0.3, 0.4) is 0 Å². The molecular formula is C26H24N2O5. The van der Waals surface area contributed by atoms with E-state index in [9.17, 15) is 9.59 Å². The van der Waals surface area contributed by atoms with Gasteiger partial charge in [0.15, 0.2) is 18.1 Å². The number of aromatic amines is 1. The molecule has 2 aromatic carbocycles. The summed E-state index contributed by atoms with van der Waals surface area (Å²) in [6.07, 6.45) is 1.91. The topological polar surface area (TPSA) is 82.6 Å². The fourth-order valence-corrected chi connectivity index (χ4v) is 4.26. The number of ketones is 1. The summed E-state index contributed by atoms with van der Waals surface area (Å²) in [5.74, 6) is 0.827. The Morgan fingerprint density at radius 3 is 2.76 bits per heavy atom. The van der Waals surface area contributed by atoms with E-state index in [0.29, 0.717) is 12.1 Å². The Labute approximate surface area is 190 Å². The first kappa shape index (κ1) is 20.9. The van der Waals surface area contributed by atoms with E-state index in [-0.39, 0.29) is 25.6 Å². The van der Waals surface area contributed by atoms with Crippen LogP contribution in [0.25, 0.3) is 10.9 Å². The Balaban J connectivity index is 1.24. The van der Waals surface area contributed by atoms with E-state index in [2.05, 4.69) is 9.55 Å². The summed E-state index contributed by atoms with van der Waals surface area (Å²) >= 11 is 0. The Bertz CT molecular complexity index is 1360. The molecule has 0 aliphatic carbocycles. The Kier molecular flexibility index (Phi) is 5.38. The van der Waals surface area contributed by atoms with Gasteiger partial charge in [-0.05, 0) is 49.2 Å². The number of Topliss-reactive ketones (excluding diaryl/α,β-unsaturated/α-hetero) is 1. The molecule has 2 aromatic heterocycles. The van der Waals surface area contributed by atoms with Crippen molar-refractivity contribution in [3.8, 4) is 11.5 Å². The largest absolute Gasteiger partial charge is 0.457 e. The molecule has 1 aliphatic heterocycles. The van der Waals surface area contributed by atoms with E-state index >= 15 is 0 Å². The number of esters is 1. The highest BCUT2D eigenvalue weighted by molar-refractivity contribution is 5.99. The van der Waals surface area contributed by atoms with Gasteiger partial charge in [0.05, 0.1) is 6.42 Å². The van der Waals surface area contributed by atoms with Gasteiger partial charge in [-0.3, -0.25) is 9.59 Å². The molecule has 3 heterocycles. The normalized spacial score (nSPS) is 12.3. The lowest BCUT2D eigenvalue weighted by Crippen LogP contribution is -2.16. The second kappa shape index (κ2) is 8.50. The average molecular weight is 444 g/mol. The van der Waals surface area contributed by atoms with E-state index in [0.717, 1.165) is 44.9 Å². The SMILES string of the molecule is Cc1cc(C(=O)COC(=O)Cc2c[nH]c3ccccc23)c(C)n1Cc1ccc2c(c1)OCO2. The molecule has 4 aromatic rings. The van der Waals surface area contributed by atoms with Crippen molar-refractivity contribution in [3.63, 3.8) is 0 Å². The molecule has 1 aliphatic rings. The molecule has 5 rings (SSSR count). The van der Waals surface area contributed by atoms with E-state index in [1.54, 1.807) is 6.20 Å². The van der Waals surface area contributed by atoms with Crippen LogP contribution < -0.4 is 9.47 Å². The third-order valence-electron chi connectivity index (χ3n) is 6.03. The van der Waals surface area contributed by atoms with Crippen LogP contribution in [0.5, 0.6) is 11.5 Å². The standard InChI is InChI=1S/C26H24N2O5/c1-16-9-21(17(2)28(16)13-18-7-8-24-25(10-18)33-15-32-24)23(29)14-31-26(30)11-19-12-27-22-6-4-3-5-20(19)22/h3-10,12,27H,11,13-15H2,1-2H3. The zero-order valence-corrected chi connectivity index (χ0v) is 18.5. The number of aryl methyl sites for hydroxylation is 1. The Morgan fingerprint density at radius 2 is 1.88 bits per heavy atom. The lowest BCUT2D eigenvalue weighted by Gasteiger charge is -2.11. The van der Waals surface area contributed by atoms with E-state index in [4.69, 9.17) is 14.2 Å². The van der Waals surface area contributed by atoms with Crippen LogP contribution in [0.15, 0.2) is 54.7 Å². The number of rotatable bonds is 7. The maximum atomic E-state index is 12.8. The summed E-state index contributed by atoms with van der Waals surface area (Å²) in [6.45, 7) is 4.41. The van der Waals surface area contributed by atoms with Gasteiger partial charge in [0, 0.05) is 40.6 Å². The number of ether oxygens (including phenoxy) is 3. The van der Waals surface area contributed by atoms with Crippen molar-refractivity contribution < 1.29 is 23.8 Å². The summed E-state index contributed by atoms with van der Waals surface area (Å²) in [5, 5.41) is 0.979. The van der Waals surface area contributed by atoms with Crippen molar-refractivity contribution in [1.29, 1.82) is 0 Å². The molecule has 0 fully saturated rings. The van der Waals surface area contributed by atoms with Crippen molar-refractivity contribution in [2.24, 2.45) is 0 Å². The van der Waals surface area contributed by atoms with Gasteiger partial charge < -0.3 is 23.8 Å². The van der Waals surface area contributed by atoms with Gasteiger partial charge in [0.2, 0.25) is 12.6 Å². The molecule has 0 unspecified atom stereocenters.